The van der Waals surface area contributed by atoms with Crippen LogP contribution in [0.4, 0.5) is 15.9 Å². The number of rotatable bonds is 4. The van der Waals surface area contributed by atoms with Crippen LogP contribution in [0.15, 0.2) is 22.7 Å². The summed E-state index contributed by atoms with van der Waals surface area (Å²) in [6.07, 6.45) is 0. The van der Waals surface area contributed by atoms with E-state index in [0.29, 0.717) is 16.8 Å². The molecule has 0 saturated carbocycles. The van der Waals surface area contributed by atoms with Crippen molar-refractivity contribution in [1.82, 2.24) is 15.1 Å². The normalized spacial score (nSPS) is 10.8. The van der Waals surface area contributed by atoms with Gasteiger partial charge in [-0.3, -0.25) is 0 Å². The molecule has 2 aromatic heterocycles. The van der Waals surface area contributed by atoms with E-state index in [0.717, 1.165) is 6.07 Å². The smallest absolute Gasteiger partial charge is 0.376 e. The summed E-state index contributed by atoms with van der Waals surface area (Å²) >= 11 is 6.02. The van der Waals surface area contributed by atoms with Crippen LogP contribution in [0.5, 0.6) is 0 Å². The standard InChI is InChI=1S/C15H12ClFN4O3/c1-3-23-15(22)13-19-12(11-7(2)21-24-14(11)20-13)18-10-5-4-8(17)6-9(10)16/h4-6H,3H2,1-2H3,(H,18,19,20). The Morgan fingerprint density at radius 1 is 1.42 bits per heavy atom. The summed E-state index contributed by atoms with van der Waals surface area (Å²) in [5.41, 5.74) is 1.07. The summed E-state index contributed by atoms with van der Waals surface area (Å²) in [4.78, 5) is 20.1. The van der Waals surface area contributed by atoms with Crippen molar-refractivity contribution in [2.24, 2.45) is 0 Å². The van der Waals surface area contributed by atoms with Gasteiger partial charge in [0.05, 0.1) is 23.0 Å². The van der Waals surface area contributed by atoms with Crippen LogP contribution in [0.1, 0.15) is 23.2 Å². The highest BCUT2D eigenvalue weighted by molar-refractivity contribution is 6.33. The zero-order valence-electron chi connectivity index (χ0n) is 12.8. The molecule has 0 fully saturated rings. The third-order valence-electron chi connectivity index (χ3n) is 3.15. The fourth-order valence-electron chi connectivity index (χ4n) is 2.09. The van der Waals surface area contributed by atoms with Crippen LogP contribution in [0.25, 0.3) is 11.1 Å². The number of nitrogens with one attached hydrogen (secondary N) is 1. The summed E-state index contributed by atoms with van der Waals surface area (Å²) in [6, 6.07) is 3.87. The second-order valence-corrected chi connectivity index (χ2v) is 5.22. The molecule has 7 nitrogen and oxygen atoms in total. The van der Waals surface area contributed by atoms with Crippen molar-refractivity contribution < 1.29 is 18.4 Å². The second kappa shape index (κ2) is 6.40. The van der Waals surface area contributed by atoms with Gasteiger partial charge in [0, 0.05) is 0 Å². The topological polar surface area (TPSA) is 90.1 Å². The Morgan fingerprint density at radius 2 is 2.21 bits per heavy atom. The molecule has 9 heteroatoms. The lowest BCUT2D eigenvalue weighted by Crippen LogP contribution is -2.11. The number of aromatic nitrogens is 3. The van der Waals surface area contributed by atoms with E-state index in [9.17, 15) is 9.18 Å². The van der Waals surface area contributed by atoms with E-state index in [1.807, 2.05) is 0 Å². The highest BCUT2D eigenvalue weighted by Gasteiger charge is 2.20. The summed E-state index contributed by atoms with van der Waals surface area (Å²) < 4.78 is 23.2. The number of esters is 1. The van der Waals surface area contributed by atoms with Gasteiger partial charge in [-0.25, -0.2) is 14.2 Å². The van der Waals surface area contributed by atoms with Gasteiger partial charge in [0.1, 0.15) is 17.0 Å². The molecule has 24 heavy (non-hydrogen) atoms. The zero-order chi connectivity index (χ0) is 17.3. The van der Waals surface area contributed by atoms with Gasteiger partial charge in [0.2, 0.25) is 5.82 Å². The first-order valence-corrected chi connectivity index (χ1v) is 7.40. The Balaban J connectivity index is 2.10. The predicted octanol–water partition coefficient (Wildman–Crippen LogP) is 3.64. The predicted molar refractivity (Wildman–Crippen MR) is 85.0 cm³/mol. The van der Waals surface area contributed by atoms with Crippen molar-refractivity contribution in [3.63, 3.8) is 0 Å². The van der Waals surface area contributed by atoms with Gasteiger partial charge >= 0.3 is 5.97 Å². The maximum Gasteiger partial charge on any atom is 0.376 e. The molecule has 0 unspecified atom stereocenters. The lowest BCUT2D eigenvalue weighted by Gasteiger charge is -2.09. The Hall–Kier alpha value is -2.74. The Kier molecular flexibility index (Phi) is 4.30. The first-order chi connectivity index (χ1) is 11.5. The fourth-order valence-corrected chi connectivity index (χ4v) is 2.30. The summed E-state index contributed by atoms with van der Waals surface area (Å²) in [7, 11) is 0. The molecule has 0 atom stereocenters. The van der Waals surface area contributed by atoms with E-state index in [1.54, 1.807) is 13.8 Å². The molecule has 1 N–H and O–H groups in total. The number of carbonyl (C=O) groups excluding carboxylic acids is 1. The van der Waals surface area contributed by atoms with Crippen LogP contribution in [-0.4, -0.2) is 27.7 Å². The van der Waals surface area contributed by atoms with Crippen LogP contribution in [0.2, 0.25) is 5.02 Å². The molecular weight excluding hydrogens is 339 g/mol. The Morgan fingerprint density at radius 3 is 2.92 bits per heavy atom. The lowest BCUT2D eigenvalue weighted by atomic mass is 10.2. The largest absolute Gasteiger partial charge is 0.460 e. The lowest BCUT2D eigenvalue weighted by molar-refractivity contribution is 0.0512. The molecule has 0 aliphatic heterocycles. The summed E-state index contributed by atoms with van der Waals surface area (Å²) in [5.74, 6) is -1.08. The van der Waals surface area contributed by atoms with Gasteiger partial charge < -0.3 is 14.6 Å². The monoisotopic (exact) mass is 350 g/mol. The molecule has 1 aromatic carbocycles. The fraction of sp³-hybridized carbons (Fsp3) is 0.200. The molecule has 124 valence electrons. The van der Waals surface area contributed by atoms with E-state index in [1.165, 1.54) is 12.1 Å². The van der Waals surface area contributed by atoms with Gasteiger partial charge in [-0.15, -0.1) is 0 Å². The average Bonchev–Trinajstić information content (AvgIpc) is 2.92. The molecular formula is C15H12ClFN4O3. The van der Waals surface area contributed by atoms with Gasteiger partial charge in [0.15, 0.2) is 0 Å². The summed E-state index contributed by atoms with van der Waals surface area (Å²) in [5, 5.41) is 7.42. The number of hydrogen-bond donors (Lipinski definition) is 1. The van der Waals surface area contributed by atoms with Crippen LogP contribution in [-0.2, 0) is 4.74 Å². The Bertz CT molecular complexity index is 928. The third kappa shape index (κ3) is 3.00. The molecule has 2 heterocycles. The summed E-state index contributed by atoms with van der Waals surface area (Å²) in [6.45, 7) is 3.56. The molecule has 0 amide bonds. The van der Waals surface area contributed by atoms with Crippen LogP contribution in [0.3, 0.4) is 0 Å². The number of carbonyl (C=O) groups is 1. The van der Waals surface area contributed by atoms with Gasteiger partial charge in [-0.05, 0) is 32.0 Å². The maximum atomic E-state index is 13.2. The number of ether oxygens (including phenoxy) is 1. The molecule has 0 spiro atoms. The maximum absolute atomic E-state index is 13.2. The minimum atomic E-state index is -0.693. The van der Waals surface area contributed by atoms with Crippen molar-refractivity contribution in [1.29, 1.82) is 0 Å². The minimum Gasteiger partial charge on any atom is -0.460 e. The number of hydrogen-bond acceptors (Lipinski definition) is 7. The van der Waals surface area contributed by atoms with Gasteiger partial charge in [0.25, 0.3) is 5.71 Å². The zero-order valence-corrected chi connectivity index (χ0v) is 13.5. The highest BCUT2D eigenvalue weighted by atomic mass is 35.5. The SMILES string of the molecule is CCOC(=O)c1nc(Nc2ccc(F)cc2Cl)c2c(C)noc2n1. The van der Waals surface area contributed by atoms with Crippen molar-refractivity contribution in [2.75, 3.05) is 11.9 Å². The highest BCUT2D eigenvalue weighted by Crippen LogP contribution is 2.30. The van der Waals surface area contributed by atoms with E-state index < -0.39 is 11.8 Å². The molecule has 3 aromatic rings. The third-order valence-corrected chi connectivity index (χ3v) is 3.46. The van der Waals surface area contributed by atoms with E-state index >= 15 is 0 Å². The minimum absolute atomic E-state index is 0.131. The van der Waals surface area contributed by atoms with Crippen LogP contribution in [0, 0.1) is 12.7 Å². The first-order valence-electron chi connectivity index (χ1n) is 7.02. The van der Waals surface area contributed by atoms with Crippen molar-refractivity contribution in [3.05, 3.63) is 40.6 Å². The van der Waals surface area contributed by atoms with Crippen molar-refractivity contribution in [2.45, 2.75) is 13.8 Å². The molecule has 0 saturated heterocycles. The van der Waals surface area contributed by atoms with Crippen molar-refractivity contribution >= 4 is 40.2 Å². The van der Waals surface area contributed by atoms with Gasteiger partial charge in [-0.2, -0.15) is 4.98 Å². The van der Waals surface area contributed by atoms with Crippen molar-refractivity contribution in [3.8, 4) is 0 Å². The number of halogens is 2. The Labute approximate surface area is 140 Å². The van der Waals surface area contributed by atoms with Gasteiger partial charge in [-0.1, -0.05) is 16.8 Å². The number of benzene rings is 1. The molecule has 0 radical (unpaired) electrons. The second-order valence-electron chi connectivity index (χ2n) is 4.81. The van der Waals surface area contributed by atoms with E-state index in [2.05, 4.69) is 20.4 Å². The first kappa shape index (κ1) is 16.1. The van der Waals surface area contributed by atoms with Crippen LogP contribution < -0.4 is 5.32 Å². The quantitative estimate of drug-likeness (QED) is 0.718. The van der Waals surface area contributed by atoms with E-state index in [4.69, 9.17) is 20.9 Å². The molecule has 0 bridgehead atoms. The van der Waals surface area contributed by atoms with Crippen LogP contribution >= 0.6 is 11.6 Å². The molecule has 0 aliphatic rings. The number of aryl methyl sites for hydroxylation is 1. The number of nitrogens with zero attached hydrogens (tertiary/aromatic N) is 3. The van der Waals surface area contributed by atoms with E-state index in [-0.39, 0.29) is 29.0 Å². The molecule has 0 aliphatic carbocycles. The molecule has 3 rings (SSSR count). The average molecular weight is 351 g/mol. The number of fused-ring (bicyclic) bond motifs is 1. The number of anilines is 2.